The Kier molecular flexibility index (Phi) is 2.63. The molecule has 1 aliphatic heterocycles. The molecule has 1 fully saturated rings. The average Bonchev–Trinajstić information content (AvgIpc) is 2.66. The van der Waals surface area contributed by atoms with Crippen molar-refractivity contribution in [1.29, 1.82) is 0 Å². The molecule has 14 heavy (non-hydrogen) atoms. The lowest BCUT2D eigenvalue weighted by Gasteiger charge is -2.15. The van der Waals surface area contributed by atoms with Crippen LogP contribution in [-0.4, -0.2) is 34.8 Å². The van der Waals surface area contributed by atoms with Crippen LogP contribution in [-0.2, 0) is 0 Å². The molecule has 0 spiro atoms. The summed E-state index contributed by atoms with van der Waals surface area (Å²) in [5.41, 5.74) is 0.988. The minimum absolute atomic E-state index is 0.266. The van der Waals surface area contributed by atoms with Crippen molar-refractivity contribution in [2.75, 3.05) is 24.6 Å². The van der Waals surface area contributed by atoms with Gasteiger partial charge >= 0.3 is 0 Å². The first kappa shape index (κ1) is 9.40. The average molecular weight is 193 g/mol. The summed E-state index contributed by atoms with van der Waals surface area (Å²) >= 11 is 0. The lowest BCUT2D eigenvalue weighted by Crippen LogP contribution is -2.22. The van der Waals surface area contributed by atoms with Gasteiger partial charge in [0, 0.05) is 37.5 Å². The third-order valence-electron chi connectivity index (χ3n) is 2.61. The first-order valence-electron chi connectivity index (χ1n) is 4.95. The lowest BCUT2D eigenvalue weighted by molar-refractivity contribution is 0.238. The molecule has 4 heteroatoms. The summed E-state index contributed by atoms with van der Waals surface area (Å²) in [6.45, 7) is 4.06. The smallest absolute Gasteiger partial charge is 0.225 e. The Morgan fingerprint density at radius 1 is 1.64 bits per heavy atom. The van der Waals surface area contributed by atoms with Crippen LogP contribution >= 0.6 is 0 Å². The standard InChI is InChI=1S/C10H15N3O/c1-8-2-4-11-10(12-8)13-5-3-9(6-13)7-14/h2,4,9,14H,3,5-7H2,1H3. The topological polar surface area (TPSA) is 49.2 Å². The van der Waals surface area contributed by atoms with Gasteiger partial charge in [0.1, 0.15) is 0 Å². The maximum atomic E-state index is 9.02. The molecule has 1 unspecified atom stereocenters. The highest BCUT2D eigenvalue weighted by Crippen LogP contribution is 2.19. The van der Waals surface area contributed by atoms with Gasteiger partial charge in [0.2, 0.25) is 5.95 Å². The van der Waals surface area contributed by atoms with E-state index in [1.54, 1.807) is 6.20 Å². The Balaban J connectivity index is 2.09. The van der Waals surface area contributed by atoms with Crippen molar-refractivity contribution in [3.63, 3.8) is 0 Å². The summed E-state index contributed by atoms with van der Waals surface area (Å²) in [7, 11) is 0. The third-order valence-corrected chi connectivity index (χ3v) is 2.61. The van der Waals surface area contributed by atoms with E-state index in [0.29, 0.717) is 5.92 Å². The van der Waals surface area contributed by atoms with Crippen LogP contribution in [0.15, 0.2) is 12.3 Å². The normalized spacial score (nSPS) is 21.6. The summed E-state index contributed by atoms with van der Waals surface area (Å²) in [6.07, 6.45) is 2.82. The largest absolute Gasteiger partial charge is 0.396 e. The third kappa shape index (κ3) is 1.85. The number of aromatic nitrogens is 2. The maximum absolute atomic E-state index is 9.02. The SMILES string of the molecule is Cc1ccnc(N2CCC(CO)C2)n1. The molecule has 0 radical (unpaired) electrons. The number of hydrogen-bond acceptors (Lipinski definition) is 4. The van der Waals surface area contributed by atoms with Crippen LogP contribution in [0.1, 0.15) is 12.1 Å². The molecule has 1 N–H and O–H groups in total. The Hall–Kier alpha value is -1.16. The Bertz CT molecular complexity index is 316. The van der Waals surface area contributed by atoms with Crippen LogP contribution in [0.4, 0.5) is 5.95 Å². The fourth-order valence-electron chi connectivity index (χ4n) is 1.75. The Morgan fingerprint density at radius 2 is 2.50 bits per heavy atom. The molecule has 1 atom stereocenters. The number of nitrogens with zero attached hydrogens (tertiary/aromatic N) is 3. The van der Waals surface area contributed by atoms with Crippen molar-refractivity contribution in [2.45, 2.75) is 13.3 Å². The van der Waals surface area contributed by atoms with Crippen LogP contribution in [0.5, 0.6) is 0 Å². The predicted molar refractivity (Wildman–Crippen MR) is 54.2 cm³/mol. The molecule has 0 amide bonds. The molecule has 76 valence electrons. The van der Waals surface area contributed by atoms with E-state index in [4.69, 9.17) is 5.11 Å². The zero-order chi connectivity index (χ0) is 9.97. The van der Waals surface area contributed by atoms with Gasteiger partial charge in [-0.15, -0.1) is 0 Å². The van der Waals surface area contributed by atoms with E-state index >= 15 is 0 Å². The molecule has 1 aromatic rings. The summed E-state index contributed by atoms with van der Waals surface area (Å²) in [5, 5.41) is 9.02. The lowest BCUT2D eigenvalue weighted by atomic mass is 10.1. The van der Waals surface area contributed by atoms with Crippen molar-refractivity contribution in [2.24, 2.45) is 5.92 Å². The number of aliphatic hydroxyl groups excluding tert-OH is 1. The van der Waals surface area contributed by atoms with Gasteiger partial charge in [-0.2, -0.15) is 0 Å². The second kappa shape index (κ2) is 3.92. The van der Waals surface area contributed by atoms with E-state index in [2.05, 4.69) is 14.9 Å². The summed E-state index contributed by atoms with van der Waals surface area (Å²) < 4.78 is 0. The maximum Gasteiger partial charge on any atom is 0.225 e. The molecular formula is C10H15N3O. The Morgan fingerprint density at radius 3 is 3.14 bits per heavy atom. The summed E-state index contributed by atoms with van der Waals surface area (Å²) in [4.78, 5) is 10.7. The van der Waals surface area contributed by atoms with E-state index in [9.17, 15) is 0 Å². The van der Waals surface area contributed by atoms with Crippen LogP contribution < -0.4 is 4.90 Å². The second-order valence-corrected chi connectivity index (χ2v) is 3.78. The fraction of sp³-hybridized carbons (Fsp3) is 0.600. The molecule has 4 nitrogen and oxygen atoms in total. The molecule has 0 bridgehead atoms. The van der Waals surface area contributed by atoms with Gasteiger partial charge in [-0.1, -0.05) is 0 Å². The quantitative estimate of drug-likeness (QED) is 0.747. The van der Waals surface area contributed by atoms with Gasteiger partial charge in [0.15, 0.2) is 0 Å². The molecule has 0 saturated carbocycles. The second-order valence-electron chi connectivity index (χ2n) is 3.78. The van der Waals surface area contributed by atoms with Crippen LogP contribution in [0.2, 0.25) is 0 Å². The summed E-state index contributed by atoms with van der Waals surface area (Å²) in [5.74, 6) is 1.18. The molecule has 2 rings (SSSR count). The number of hydrogen-bond donors (Lipinski definition) is 1. The minimum atomic E-state index is 0.266. The molecular weight excluding hydrogens is 178 g/mol. The number of aliphatic hydroxyl groups is 1. The minimum Gasteiger partial charge on any atom is -0.396 e. The van der Waals surface area contributed by atoms with Gasteiger partial charge < -0.3 is 10.0 Å². The van der Waals surface area contributed by atoms with E-state index < -0.39 is 0 Å². The molecule has 2 heterocycles. The van der Waals surface area contributed by atoms with Crippen molar-refractivity contribution < 1.29 is 5.11 Å². The van der Waals surface area contributed by atoms with E-state index in [1.807, 2.05) is 13.0 Å². The number of rotatable bonds is 2. The van der Waals surface area contributed by atoms with Crippen molar-refractivity contribution >= 4 is 5.95 Å². The molecule has 1 aliphatic rings. The molecule has 1 saturated heterocycles. The fourth-order valence-corrected chi connectivity index (χ4v) is 1.75. The Labute approximate surface area is 83.6 Å². The molecule has 0 aliphatic carbocycles. The highest BCUT2D eigenvalue weighted by atomic mass is 16.3. The van der Waals surface area contributed by atoms with E-state index in [0.717, 1.165) is 31.2 Å². The zero-order valence-corrected chi connectivity index (χ0v) is 8.35. The number of anilines is 1. The van der Waals surface area contributed by atoms with Crippen molar-refractivity contribution in [3.8, 4) is 0 Å². The first-order chi connectivity index (χ1) is 6.79. The number of aryl methyl sites for hydroxylation is 1. The van der Waals surface area contributed by atoms with E-state index in [-0.39, 0.29) is 6.61 Å². The molecule has 0 aromatic carbocycles. The van der Waals surface area contributed by atoms with Gasteiger partial charge in [-0.05, 0) is 19.4 Å². The summed E-state index contributed by atoms with van der Waals surface area (Å²) in [6, 6.07) is 1.89. The van der Waals surface area contributed by atoms with Crippen molar-refractivity contribution in [1.82, 2.24) is 9.97 Å². The predicted octanol–water partition coefficient (Wildman–Crippen LogP) is 0.604. The highest BCUT2D eigenvalue weighted by molar-refractivity contribution is 5.31. The zero-order valence-electron chi connectivity index (χ0n) is 8.35. The van der Waals surface area contributed by atoms with Crippen molar-refractivity contribution in [3.05, 3.63) is 18.0 Å². The van der Waals surface area contributed by atoms with Crippen LogP contribution in [0, 0.1) is 12.8 Å². The van der Waals surface area contributed by atoms with Gasteiger partial charge in [0.05, 0.1) is 0 Å². The van der Waals surface area contributed by atoms with Crippen LogP contribution in [0.3, 0.4) is 0 Å². The van der Waals surface area contributed by atoms with Gasteiger partial charge in [-0.25, -0.2) is 9.97 Å². The highest BCUT2D eigenvalue weighted by Gasteiger charge is 2.23. The van der Waals surface area contributed by atoms with Crippen LogP contribution in [0.25, 0.3) is 0 Å². The van der Waals surface area contributed by atoms with E-state index in [1.165, 1.54) is 0 Å². The molecule has 1 aromatic heterocycles. The first-order valence-corrected chi connectivity index (χ1v) is 4.95. The van der Waals surface area contributed by atoms with Gasteiger partial charge in [0.25, 0.3) is 0 Å². The van der Waals surface area contributed by atoms with Gasteiger partial charge in [-0.3, -0.25) is 0 Å². The monoisotopic (exact) mass is 193 g/mol.